The lowest BCUT2D eigenvalue weighted by molar-refractivity contribution is 0.0347. The van der Waals surface area contributed by atoms with Gasteiger partial charge in [0.05, 0.1) is 30.5 Å². The minimum absolute atomic E-state index is 0.150. The number of hydrogen-bond donors (Lipinski definition) is 2. The highest BCUT2D eigenvalue weighted by Crippen LogP contribution is 2.40. The van der Waals surface area contributed by atoms with Gasteiger partial charge in [0, 0.05) is 37.9 Å². The highest BCUT2D eigenvalue weighted by atomic mass is 32.1. The number of hydrogen-bond acceptors (Lipinski definition) is 6. The first-order valence-electron chi connectivity index (χ1n) is 11.7. The van der Waals surface area contributed by atoms with Crippen molar-refractivity contribution in [1.29, 1.82) is 0 Å². The zero-order chi connectivity index (χ0) is 24.4. The minimum atomic E-state index is -0.945. The van der Waals surface area contributed by atoms with Gasteiger partial charge in [0.25, 0.3) is 0 Å². The van der Waals surface area contributed by atoms with Gasteiger partial charge < -0.3 is 24.5 Å². The molecule has 0 aliphatic carbocycles. The molecule has 4 heterocycles. The van der Waals surface area contributed by atoms with Gasteiger partial charge in [-0.2, -0.15) is 0 Å². The van der Waals surface area contributed by atoms with Crippen LogP contribution in [0, 0.1) is 6.92 Å². The lowest BCUT2D eigenvalue weighted by Crippen LogP contribution is -2.42. The number of nitrogens with one attached hydrogen (secondary N) is 1. The molecule has 0 radical (unpaired) electrons. The minimum Gasteiger partial charge on any atom is -0.478 e. The van der Waals surface area contributed by atoms with Crippen LogP contribution in [0.1, 0.15) is 39.5 Å². The van der Waals surface area contributed by atoms with Crippen molar-refractivity contribution in [3.8, 4) is 11.3 Å². The van der Waals surface area contributed by atoms with Crippen LogP contribution >= 0.6 is 12.2 Å². The molecule has 2 atom stereocenters. The van der Waals surface area contributed by atoms with Gasteiger partial charge in [0.2, 0.25) is 0 Å². The van der Waals surface area contributed by atoms with E-state index in [1.165, 1.54) is 0 Å². The summed E-state index contributed by atoms with van der Waals surface area (Å²) >= 11 is 5.77. The maximum absolute atomic E-state index is 11.3. The van der Waals surface area contributed by atoms with Gasteiger partial charge in [0.15, 0.2) is 5.11 Å². The molecule has 0 amide bonds. The molecule has 0 spiro atoms. The zero-order valence-corrected chi connectivity index (χ0v) is 20.3. The Morgan fingerprint density at radius 1 is 1.17 bits per heavy atom. The molecule has 2 aliphatic rings. The van der Waals surface area contributed by atoms with Crippen LogP contribution in [0.2, 0.25) is 0 Å². The van der Waals surface area contributed by atoms with Gasteiger partial charge in [-0.3, -0.25) is 9.88 Å². The number of furan rings is 1. The Labute approximate surface area is 209 Å². The summed E-state index contributed by atoms with van der Waals surface area (Å²) in [6.07, 6.45) is 1.79. The van der Waals surface area contributed by atoms with Crippen LogP contribution in [-0.2, 0) is 4.74 Å². The number of pyridine rings is 1. The third-order valence-corrected chi connectivity index (χ3v) is 6.97. The Hall–Kier alpha value is -3.27. The maximum atomic E-state index is 11.3. The van der Waals surface area contributed by atoms with E-state index in [1.54, 1.807) is 24.4 Å². The summed E-state index contributed by atoms with van der Waals surface area (Å²) in [5, 5.41) is 13.4. The molecule has 2 N–H and O–H groups in total. The predicted molar refractivity (Wildman–Crippen MR) is 135 cm³/mol. The molecule has 35 heavy (non-hydrogen) atoms. The number of carbonyl (C=O) groups is 1. The van der Waals surface area contributed by atoms with Crippen molar-refractivity contribution in [2.24, 2.45) is 0 Å². The molecule has 0 saturated carbocycles. The normalized spacial score (nSPS) is 20.7. The Morgan fingerprint density at radius 2 is 2.00 bits per heavy atom. The molecule has 0 bridgehead atoms. The summed E-state index contributed by atoms with van der Waals surface area (Å²) in [6, 6.07) is 14.5. The predicted octanol–water partition coefficient (Wildman–Crippen LogP) is 3.65. The summed E-state index contributed by atoms with van der Waals surface area (Å²) in [5.74, 6) is 0.534. The molecule has 3 aromatic rings. The van der Waals surface area contributed by atoms with Crippen LogP contribution in [0.15, 0.2) is 59.1 Å². The van der Waals surface area contributed by atoms with E-state index in [4.69, 9.17) is 21.4 Å². The first-order valence-corrected chi connectivity index (χ1v) is 12.1. The third kappa shape index (κ3) is 4.93. The van der Waals surface area contributed by atoms with Crippen molar-refractivity contribution < 1.29 is 19.1 Å². The smallest absolute Gasteiger partial charge is 0.335 e. The largest absolute Gasteiger partial charge is 0.478 e. The number of aromatic carboxylic acids is 1. The van der Waals surface area contributed by atoms with Gasteiger partial charge in [-0.05, 0) is 61.1 Å². The number of carboxylic acid groups (broad SMARTS) is 1. The number of rotatable bonds is 7. The average molecular weight is 493 g/mol. The third-order valence-electron chi connectivity index (χ3n) is 6.62. The van der Waals surface area contributed by atoms with E-state index in [-0.39, 0.29) is 17.6 Å². The van der Waals surface area contributed by atoms with Gasteiger partial charge in [-0.25, -0.2) is 4.79 Å². The molecule has 0 unspecified atom stereocenters. The summed E-state index contributed by atoms with van der Waals surface area (Å²) in [4.78, 5) is 20.5. The highest BCUT2D eigenvalue weighted by molar-refractivity contribution is 7.80. The average Bonchev–Trinajstić information content (AvgIpc) is 3.48. The number of thiocarbonyl (C=S) groups is 1. The van der Waals surface area contributed by atoms with E-state index < -0.39 is 5.97 Å². The van der Waals surface area contributed by atoms with E-state index in [9.17, 15) is 9.90 Å². The van der Waals surface area contributed by atoms with Gasteiger partial charge in [0.1, 0.15) is 17.6 Å². The topological polar surface area (TPSA) is 91.1 Å². The molecule has 2 fully saturated rings. The fourth-order valence-electron chi connectivity index (χ4n) is 4.76. The fourth-order valence-corrected chi connectivity index (χ4v) is 5.09. The summed E-state index contributed by atoms with van der Waals surface area (Å²) in [7, 11) is 0. The number of ether oxygens (including phenoxy) is 1. The number of benzene rings is 1. The van der Waals surface area contributed by atoms with Gasteiger partial charge in [-0.15, -0.1) is 0 Å². The van der Waals surface area contributed by atoms with Crippen molar-refractivity contribution >= 4 is 23.3 Å². The number of aryl methyl sites for hydroxylation is 1. The van der Waals surface area contributed by atoms with Crippen molar-refractivity contribution in [3.05, 3.63) is 77.3 Å². The van der Waals surface area contributed by atoms with E-state index in [1.807, 2.05) is 37.3 Å². The van der Waals surface area contributed by atoms with Crippen LogP contribution in [0.5, 0.6) is 0 Å². The molecule has 2 aromatic heterocycles. The highest BCUT2D eigenvalue weighted by Gasteiger charge is 2.41. The quantitative estimate of drug-likeness (QED) is 0.480. The van der Waals surface area contributed by atoms with Crippen molar-refractivity contribution in [1.82, 2.24) is 20.1 Å². The summed E-state index contributed by atoms with van der Waals surface area (Å²) in [6.45, 7) is 6.86. The van der Waals surface area contributed by atoms with Crippen molar-refractivity contribution in [2.75, 3.05) is 39.4 Å². The SMILES string of the molecule is Cc1cc(C(=O)O)ccc1-c1ccc([C@@H]2[C@H](c3ccccn3)NC(=S)N2CCN2CCOCC2)o1. The van der Waals surface area contributed by atoms with Gasteiger partial charge in [-0.1, -0.05) is 12.1 Å². The van der Waals surface area contributed by atoms with E-state index in [0.717, 1.165) is 62.0 Å². The van der Waals surface area contributed by atoms with E-state index >= 15 is 0 Å². The van der Waals surface area contributed by atoms with Crippen LogP contribution in [-0.4, -0.2) is 70.4 Å². The lowest BCUT2D eigenvalue weighted by atomic mass is 10.0. The number of morpholine rings is 1. The molecule has 182 valence electrons. The molecule has 8 nitrogen and oxygen atoms in total. The summed E-state index contributed by atoms with van der Waals surface area (Å²) < 4.78 is 11.9. The van der Waals surface area contributed by atoms with Crippen LogP contribution in [0.3, 0.4) is 0 Å². The van der Waals surface area contributed by atoms with Crippen LogP contribution < -0.4 is 5.32 Å². The maximum Gasteiger partial charge on any atom is 0.335 e. The van der Waals surface area contributed by atoms with Crippen LogP contribution in [0.4, 0.5) is 0 Å². The van der Waals surface area contributed by atoms with Gasteiger partial charge >= 0.3 is 5.97 Å². The van der Waals surface area contributed by atoms with Crippen molar-refractivity contribution in [3.63, 3.8) is 0 Å². The molecular formula is C26H28N4O4S. The molecule has 2 saturated heterocycles. The number of carboxylic acids is 1. The van der Waals surface area contributed by atoms with E-state index in [2.05, 4.69) is 20.1 Å². The Kier molecular flexibility index (Phi) is 6.81. The Morgan fingerprint density at radius 3 is 2.71 bits per heavy atom. The second-order valence-electron chi connectivity index (χ2n) is 8.81. The molecule has 5 rings (SSSR count). The second kappa shape index (κ2) is 10.2. The first-order chi connectivity index (χ1) is 17.0. The lowest BCUT2D eigenvalue weighted by Gasteiger charge is -2.31. The second-order valence-corrected chi connectivity index (χ2v) is 9.20. The molecule has 9 heteroatoms. The number of nitrogens with zero attached hydrogens (tertiary/aromatic N) is 3. The molecule has 2 aliphatic heterocycles. The zero-order valence-electron chi connectivity index (χ0n) is 19.5. The monoisotopic (exact) mass is 492 g/mol. The standard InChI is InChI=1S/C26H28N4O4S/c1-17-16-18(25(31)32)5-6-19(17)21-7-8-22(34-21)24-23(20-4-2-3-9-27-20)28-26(35)30(24)11-10-29-12-14-33-15-13-29/h2-9,16,23-24H,10-15H2,1H3,(H,28,35)(H,31,32)/t23-,24+/m0/s1. The summed E-state index contributed by atoms with van der Waals surface area (Å²) in [5.41, 5.74) is 2.86. The Bertz CT molecular complexity index is 1210. The fraction of sp³-hybridized carbons (Fsp3) is 0.346. The Balaban J connectivity index is 1.45. The van der Waals surface area contributed by atoms with Crippen molar-refractivity contribution in [2.45, 2.75) is 19.0 Å². The molecular weight excluding hydrogens is 464 g/mol. The number of aromatic nitrogens is 1. The van der Waals surface area contributed by atoms with E-state index in [0.29, 0.717) is 10.9 Å². The first kappa shape index (κ1) is 23.5. The molecule has 1 aromatic carbocycles. The van der Waals surface area contributed by atoms with Crippen LogP contribution in [0.25, 0.3) is 11.3 Å².